The van der Waals surface area contributed by atoms with Crippen LogP contribution < -0.4 is 10.2 Å². The van der Waals surface area contributed by atoms with E-state index < -0.39 is 5.92 Å². The van der Waals surface area contributed by atoms with Gasteiger partial charge in [-0.2, -0.15) is 5.26 Å². The Bertz CT molecular complexity index is 837. The molecule has 0 spiro atoms. The van der Waals surface area contributed by atoms with E-state index in [0.717, 1.165) is 12.1 Å². The highest BCUT2D eigenvalue weighted by atomic mass is 16.2. The minimum Gasteiger partial charge on any atom is -0.326 e. The first-order valence-electron chi connectivity index (χ1n) is 8.31. The summed E-state index contributed by atoms with van der Waals surface area (Å²) in [4.78, 5) is 26.4. The van der Waals surface area contributed by atoms with Gasteiger partial charge in [-0.05, 0) is 42.3 Å². The number of rotatable bonds is 4. The first-order chi connectivity index (χ1) is 12.1. The molecule has 5 nitrogen and oxygen atoms in total. The van der Waals surface area contributed by atoms with Gasteiger partial charge in [-0.25, -0.2) is 0 Å². The minimum atomic E-state index is -0.399. The summed E-state index contributed by atoms with van der Waals surface area (Å²) in [5, 5.41) is 11.7. The van der Waals surface area contributed by atoms with Gasteiger partial charge in [-0.3, -0.25) is 9.59 Å². The molecule has 0 saturated carbocycles. The molecule has 1 aliphatic heterocycles. The number of benzene rings is 2. The Labute approximate surface area is 146 Å². The number of carbonyl (C=O) groups is 2. The number of hydrogen-bond donors (Lipinski definition) is 1. The van der Waals surface area contributed by atoms with Gasteiger partial charge >= 0.3 is 0 Å². The second-order valence-corrected chi connectivity index (χ2v) is 6.11. The molecule has 25 heavy (non-hydrogen) atoms. The van der Waals surface area contributed by atoms with E-state index >= 15 is 0 Å². The molecule has 3 rings (SSSR count). The molecule has 1 aliphatic rings. The van der Waals surface area contributed by atoms with Gasteiger partial charge < -0.3 is 10.2 Å². The van der Waals surface area contributed by atoms with Gasteiger partial charge in [-0.15, -0.1) is 0 Å². The van der Waals surface area contributed by atoms with E-state index in [9.17, 15) is 9.59 Å². The van der Waals surface area contributed by atoms with Gasteiger partial charge in [0.2, 0.25) is 11.8 Å². The van der Waals surface area contributed by atoms with Gasteiger partial charge in [0.25, 0.3) is 0 Å². The predicted molar refractivity (Wildman–Crippen MR) is 96.1 cm³/mol. The zero-order chi connectivity index (χ0) is 17.8. The molecule has 0 aliphatic carbocycles. The third-order valence-corrected chi connectivity index (χ3v) is 4.41. The molecule has 0 bridgehead atoms. The maximum atomic E-state index is 12.5. The van der Waals surface area contributed by atoms with Crippen LogP contribution in [0.4, 0.5) is 11.4 Å². The SMILES string of the molecule is CCc1ccc(N2C[C@H](C(=O)Nc3cccc(C#N)c3)CC2=O)cc1. The van der Waals surface area contributed by atoms with Crippen LogP contribution in [0, 0.1) is 17.2 Å². The number of aryl methyl sites for hydroxylation is 1. The zero-order valence-corrected chi connectivity index (χ0v) is 14.0. The number of hydrogen-bond acceptors (Lipinski definition) is 3. The molecular weight excluding hydrogens is 314 g/mol. The maximum absolute atomic E-state index is 12.5. The van der Waals surface area contributed by atoms with Crippen molar-refractivity contribution in [1.82, 2.24) is 0 Å². The van der Waals surface area contributed by atoms with E-state index in [1.54, 1.807) is 29.2 Å². The van der Waals surface area contributed by atoms with E-state index in [0.29, 0.717) is 17.8 Å². The summed E-state index contributed by atoms with van der Waals surface area (Å²) in [6.45, 7) is 2.45. The normalized spacial score (nSPS) is 16.6. The van der Waals surface area contributed by atoms with Gasteiger partial charge in [0.1, 0.15) is 0 Å². The van der Waals surface area contributed by atoms with Crippen LogP contribution in [0.15, 0.2) is 48.5 Å². The fourth-order valence-corrected chi connectivity index (χ4v) is 2.96. The highest BCUT2D eigenvalue weighted by molar-refractivity contribution is 6.03. The lowest BCUT2D eigenvalue weighted by molar-refractivity contribution is -0.122. The summed E-state index contributed by atoms with van der Waals surface area (Å²) in [7, 11) is 0. The molecule has 1 saturated heterocycles. The highest BCUT2D eigenvalue weighted by Gasteiger charge is 2.35. The van der Waals surface area contributed by atoms with Crippen LogP contribution in [0.1, 0.15) is 24.5 Å². The predicted octanol–water partition coefficient (Wildman–Crippen LogP) is 3.11. The Hall–Kier alpha value is -3.13. The quantitative estimate of drug-likeness (QED) is 0.934. The number of nitrogens with zero attached hydrogens (tertiary/aromatic N) is 2. The third kappa shape index (κ3) is 3.69. The van der Waals surface area contributed by atoms with Gasteiger partial charge in [0.05, 0.1) is 17.6 Å². The molecule has 126 valence electrons. The summed E-state index contributed by atoms with van der Waals surface area (Å²) in [5.41, 5.74) is 3.09. The highest BCUT2D eigenvalue weighted by Crippen LogP contribution is 2.26. The molecule has 0 aromatic heterocycles. The Kier molecular flexibility index (Phi) is 4.80. The number of nitriles is 1. The summed E-state index contributed by atoms with van der Waals surface area (Å²) in [5.74, 6) is -0.643. The first-order valence-corrected chi connectivity index (χ1v) is 8.31. The van der Waals surface area contributed by atoms with Gasteiger partial charge in [0.15, 0.2) is 0 Å². The summed E-state index contributed by atoms with van der Waals surface area (Å²) >= 11 is 0. The van der Waals surface area contributed by atoms with Crippen molar-refractivity contribution in [3.63, 3.8) is 0 Å². The maximum Gasteiger partial charge on any atom is 0.229 e. The lowest BCUT2D eigenvalue weighted by Gasteiger charge is -2.17. The topological polar surface area (TPSA) is 73.2 Å². The van der Waals surface area contributed by atoms with E-state index in [-0.39, 0.29) is 18.2 Å². The van der Waals surface area contributed by atoms with Crippen molar-refractivity contribution in [2.24, 2.45) is 5.92 Å². The third-order valence-electron chi connectivity index (χ3n) is 4.41. The fraction of sp³-hybridized carbons (Fsp3) is 0.250. The molecule has 0 unspecified atom stereocenters. The van der Waals surface area contributed by atoms with E-state index in [2.05, 4.69) is 12.2 Å². The van der Waals surface area contributed by atoms with Crippen molar-refractivity contribution in [2.45, 2.75) is 19.8 Å². The molecule has 1 N–H and O–H groups in total. The molecule has 2 aromatic carbocycles. The van der Waals surface area contributed by atoms with Crippen molar-refractivity contribution in [2.75, 3.05) is 16.8 Å². The average Bonchev–Trinajstić information content (AvgIpc) is 3.04. The van der Waals surface area contributed by atoms with Crippen molar-refractivity contribution >= 4 is 23.2 Å². The number of nitrogens with one attached hydrogen (secondary N) is 1. The molecule has 2 amide bonds. The van der Waals surface area contributed by atoms with Crippen LogP contribution in [0.25, 0.3) is 0 Å². The smallest absolute Gasteiger partial charge is 0.229 e. The molecular formula is C20H19N3O2. The van der Waals surface area contributed by atoms with Crippen LogP contribution in [0.3, 0.4) is 0 Å². The zero-order valence-electron chi connectivity index (χ0n) is 14.0. The van der Waals surface area contributed by atoms with Crippen LogP contribution in [-0.4, -0.2) is 18.4 Å². The Balaban J connectivity index is 1.68. The second kappa shape index (κ2) is 7.18. The summed E-state index contributed by atoms with van der Waals surface area (Å²) in [6.07, 6.45) is 1.14. The van der Waals surface area contributed by atoms with Crippen LogP contribution >= 0.6 is 0 Å². The van der Waals surface area contributed by atoms with Crippen molar-refractivity contribution in [1.29, 1.82) is 5.26 Å². The summed E-state index contributed by atoms with van der Waals surface area (Å²) in [6, 6.07) is 16.6. The average molecular weight is 333 g/mol. The Morgan fingerprint density at radius 2 is 2.04 bits per heavy atom. The molecule has 1 heterocycles. The number of amides is 2. The van der Waals surface area contributed by atoms with Crippen molar-refractivity contribution in [3.05, 3.63) is 59.7 Å². The Morgan fingerprint density at radius 1 is 1.28 bits per heavy atom. The molecule has 0 radical (unpaired) electrons. The summed E-state index contributed by atoms with van der Waals surface area (Å²) < 4.78 is 0. The minimum absolute atomic E-state index is 0.0461. The van der Waals surface area contributed by atoms with E-state index in [4.69, 9.17) is 5.26 Å². The van der Waals surface area contributed by atoms with Crippen LogP contribution in [0.5, 0.6) is 0 Å². The molecule has 1 fully saturated rings. The van der Waals surface area contributed by atoms with Gasteiger partial charge in [0, 0.05) is 24.3 Å². The lowest BCUT2D eigenvalue weighted by atomic mass is 10.1. The van der Waals surface area contributed by atoms with Crippen molar-refractivity contribution < 1.29 is 9.59 Å². The van der Waals surface area contributed by atoms with E-state index in [1.807, 2.05) is 30.3 Å². The monoisotopic (exact) mass is 333 g/mol. The molecule has 2 aromatic rings. The van der Waals surface area contributed by atoms with Gasteiger partial charge in [-0.1, -0.05) is 25.1 Å². The lowest BCUT2D eigenvalue weighted by Crippen LogP contribution is -2.28. The molecule has 5 heteroatoms. The standard InChI is InChI=1S/C20H19N3O2/c1-2-14-6-8-18(9-7-14)23-13-16(11-19(23)24)20(25)22-17-5-3-4-15(10-17)12-21/h3-10,16H,2,11,13H2,1H3,(H,22,25)/t16-/m1/s1. The Morgan fingerprint density at radius 3 is 2.72 bits per heavy atom. The fourth-order valence-electron chi connectivity index (χ4n) is 2.96. The number of anilines is 2. The van der Waals surface area contributed by atoms with Crippen LogP contribution in [0.2, 0.25) is 0 Å². The first kappa shape index (κ1) is 16.7. The number of carbonyl (C=O) groups excluding carboxylic acids is 2. The largest absolute Gasteiger partial charge is 0.326 e. The van der Waals surface area contributed by atoms with E-state index in [1.165, 1.54) is 5.56 Å². The second-order valence-electron chi connectivity index (χ2n) is 6.11. The van der Waals surface area contributed by atoms with Crippen LogP contribution in [-0.2, 0) is 16.0 Å². The molecule has 1 atom stereocenters. The van der Waals surface area contributed by atoms with Crippen molar-refractivity contribution in [3.8, 4) is 6.07 Å².